The highest BCUT2D eigenvalue weighted by Crippen LogP contribution is 2.29. The first-order valence-electron chi connectivity index (χ1n) is 12.7. The number of carbonyl (C=O) groups is 1. The van der Waals surface area contributed by atoms with Gasteiger partial charge in [-0.15, -0.1) is 0 Å². The zero-order valence-electron chi connectivity index (χ0n) is 22.1. The molecule has 0 saturated heterocycles. The highest BCUT2D eigenvalue weighted by Gasteiger charge is 2.28. The van der Waals surface area contributed by atoms with Crippen LogP contribution in [0.1, 0.15) is 27.2 Å². The van der Waals surface area contributed by atoms with Crippen LogP contribution in [0, 0.1) is 6.92 Å². The summed E-state index contributed by atoms with van der Waals surface area (Å²) >= 11 is 6.38. The fraction of sp³-hybridized carbons (Fsp3) is 0.0645. The lowest BCUT2D eigenvalue weighted by molar-refractivity contribution is 0.0955. The minimum absolute atomic E-state index is 0.0269. The molecule has 1 N–H and O–H groups in total. The minimum Gasteiger partial charge on any atom is -0.267 e. The van der Waals surface area contributed by atoms with Crippen molar-refractivity contribution in [2.45, 2.75) is 18.4 Å². The number of hydrogen-bond acceptors (Lipinski definition) is 5. The van der Waals surface area contributed by atoms with Crippen LogP contribution in [0.25, 0.3) is 5.69 Å². The second kappa shape index (κ2) is 12.2. The summed E-state index contributed by atoms with van der Waals surface area (Å²) in [6.45, 7) is 1.87. The van der Waals surface area contributed by atoms with E-state index in [9.17, 15) is 13.2 Å². The Morgan fingerprint density at radius 1 is 0.902 bits per heavy atom. The molecular formula is C31H26ClN5O3S. The van der Waals surface area contributed by atoms with Crippen LogP contribution in [0.15, 0.2) is 125 Å². The van der Waals surface area contributed by atoms with Crippen molar-refractivity contribution in [1.82, 2.24) is 15.2 Å². The second-order valence-corrected chi connectivity index (χ2v) is 11.3. The summed E-state index contributed by atoms with van der Waals surface area (Å²) in [4.78, 5) is 13.5. The van der Waals surface area contributed by atoms with Gasteiger partial charge in [-0.1, -0.05) is 90.5 Å². The first kappa shape index (κ1) is 27.8. The number of carbonyl (C=O) groups excluding carboxylic acids is 1. The maximum absolute atomic E-state index is 13.8. The average Bonchev–Trinajstić information content (AvgIpc) is 3.29. The van der Waals surface area contributed by atoms with Crippen molar-refractivity contribution in [2.24, 2.45) is 5.10 Å². The molecule has 0 aliphatic heterocycles. The number of amides is 1. The molecule has 1 amide bonds. The van der Waals surface area contributed by atoms with Gasteiger partial charge in [-0.05, 0) is 48.9 Å². The van der Waals surface area contributed by atoms with Crippen molar-refractivity contribution >= 4 is 39.4 Å². The number of nitrogens with one attached hydrogen (secondary N) is 1. The van der Waals surface area contributed by atoms with Gasteiger partial charge < -0.3 is 0 Å². The smallest absolute Gasteiger partial charge is 0.267 e. The highest BCUT2D eigenvalue weighted by atomic mass is 35.5. The number of sulfonamides is 1. The summed E-state index contributed by atoms with van der Waals surface area (Å²) in [7, 11) is -4.02. The summed E-state index contributed by atoms with van der Waals surface area (Å²) in [6.07, 6.45) is 1.42. The maximum atomic E-state index is 13.8. The second-order valence-electron chi connectivity index (χ2n) is 9.06. The first-order valence-corrected chi connectivity index (χ1v) is 14.5. The van der Waals surface area contributed by atoms with Gasteiger partial charge in [-0.25, -0.2) is 18.5 Å². The molecule has 0 aliphatic rings. The van der Waals surface area contributed by atoms with E-state index in [2.05, 4.69) is 15.6 Å². The van der Waals surface area contributed by atoms with Crippen molar-refractivity contribution in [2.75, 3.05) is 4.31 Å². The third kappa shape index (κ3) is 6.06. The van der Waals surface area contributed by atoms with Crippen LogP contribution in [0.4, 0.5) is 5.69 Å². The van der Waals surface area contributed by atoms with Crippen LogP contribution in [-0.4, -0.2) is 30.3 Å². The Morgan fingerprint density at radius 2 is 1.49 bits per heavy atom. The van der Waals surface area contributed by atoms with E-state index >= 15 is 0 Å². The van der Waals surface area contributed by atoms with Gasteiger partial charge in [0.25, 0.3) is 15.9 Å². The van der Waals surface area contributed by atoms with E-state index < -0.39 is 15.9 Å². The summed E-state index contributed by atoms with van der Waals surface area (Å²) in [5.74, 6) is -0.581. The van der Waals surface area contributed by atoms with Crippen LogP contribution in [-0.2, 0) is 16.6 Å². The van der Waals surface area contributed by atoms with Gasteiger partial charge in [0.15, 0.2) is 5.15 Å². The number of aromatic nitrogens is 2. The fourth-order valence-electron chi connectivity index (χ4n) is 4.31. The Bertz CT molecular complexity index is 1790. The SMILES string of the molecule is Cc1c(/C=N\NC(=O)c2ccccc2N(Cc2ccccc2)S(=O)(=O)c2ccccc2)c(Cl)nn1-c1ccccc1. The van der Waals surface area contributed by atoms with E-state index in [1.165, 1.54) is 22.7 Å². The van der Waals surface area contributed by atoms with Crippen LogP contribution in [0.5, 0.6) is 0 Å². The summed E-state index contributed by atoms with van der Waals surface area (Å²) in [5, 5.41) is 8.72. The number of hydrazone groups is 1. The minimum atomic E-state index is -4.02. The molecule has 0 bridgehead atoms. The third-order valence-electron chi connectivity index (χ3n) is 6.40. The van der Waals surface area contributed by atoms with Gasteiger partial charge in [0.05, 0.1) is 45.9 Å². The Kier molecular flexibility index (Phi) is 8.28. The number of nitrogens with zero attached hydrogens (tertiary/aromatic N) is 4. The number of anilines is 1. The Labute approximate surface area is 243 Å². The molecular weight excluding hydrogens is 558 g/mol. The number of para-hydroxylation sites is 2. The zero-order valence-corrected chi connectivity index (χ0v) is 23.6. The van der Waals surface area contributed by atoms with Crippen LogP contribution in [0.3, 0.4) is 0 Å². The topological polar surface area (TPSA) is 96.7 Å². The van der Waals surface area contributed by atoms with Crippen molar-refractivity contribution in [3.8, 4) is 5.69 Å². The maximum Gasteiger partial charge on any atom is 0.273 e. The molecule has 206 valence electrons. The van der Waals surface area contributed by atoms with Crippen molar-refractivity contribution in [1.29, 1.82) is 0 Å². The number of benzene rings is 4. The van der Waals surface area contributed by atoms with E-state index in [0.717, 1.165) is 16.9 Å². The zero-order chi connectivity index (χ0) is 28.8. The predicted octanol–water partition coefficient (Wildman–Crippen LogP) is 5.99. The van der Waals surface area contributed by atoms with Gasteiger partial charge >= 0.3 is 0 Å². The molecule has 0 saturated carbocycles. The average molecular weight is 584 g/mol. The number of rotatable bonds is 9. The quantitative estimate of drug-likeness (QED) is 0.170. The molecule has 10 heteroatoms. The molecule has 5 aromatic rings. The van der Waals surface area contributed by atoms with Crippen molar-refractivity contribution < 1.29 is 13.2 Å². The standard InChI is InChI=1S/C31H26ClN5O3S/c1-23-28(30(32)35-37(23)25-15-7-3-8-16-25)21-33-34-31(38)27-19-11-12-20-29(27)36(22-24-13-5-2-6-14-24)41(39,40)26-17-9-4-10-18-26/h2-21H,22H2,1H3,(H,34,38)/b33-21-. The highest BCUT2D eigenvalue weighted by molar-refractivity contribution is 7.92. The molecule has 0 radical (unpaired) electrons. The lowest BCUT2D eigenvalue weighted by Crippen LogP contribution is -2.33. The lowest BCUT2D eigenvalue weighted by Gasteiger charge is -2.26. The lowest BCUT2D eigenvalue weighted by atomic mass is 10.1. The van der Waals surface area contributed by atoms with Crippen LogP contribution in [0.2, 0.25) is 5.15 Å². The van der Waals surface area contributed by atoms with Gasteiger partial charge in [-0.2, -0.15) is 10.2 Å². The van der Waals surface area contributed by atoms with E-state index in [0.29, 0.717) is 5.56 Å². The Balaban J connectivity index is 1.45. The van der Waals surface area contributed by atoms with Gasteiger partial charge in [0.2, 0.25) is 0 Å². The fourth-order valence-corrected chi connectivity index (χ4v) is 6.07. The number of hydrogen-bond donors (Lipinski definition) is 1. The Morgan fingerprint density at radius 3 is 2.17 bits per heavy atom. The normalized spacial score (nSPS) is 11.5. The molecule has 4 aromatic carbocycles. The molecule has 0 spiro atoms. The largest absolute Gasteiger partial charge is 0.273 e. The first-order chi connectivity index (χ1) is 19.9. The van der Waals surface area contributed by atoms with E-state index in [1.807, 2.05) is 67.6 Å². The summed E-state index contributed by atoms with van der Waals surface area (Å²) < 4.78 is 30.6. The predicted molar refractivity (Wildman–Crippen MR) is 161 cm³/mol. The molecule has 5 rings (SSSR count). The summed E-state index contributed by atoms with van der Waals surface area (Å²) in [6, 6.07) is 33.4. The molecule has 8 nitrogen and oxygen atoms in total. The monoisotopic (exact) mass is 583 g/mol. The molecule has 0 fully saturated rings. The van der Waals surface area contributed by atoms with Gasteiger partial charge in [0.1, 0.15) is 0 Å². The molecule has 1 aromatic heterocycles. The molecule has 0 atom stereocenters. The van der Waals surface area contributed by atoms with E-state index in [-0.39, 0.29) is 27.8 Å². The van der Waals surface area contributed by atoms with Gasteiger partial charge in [-0.3, -0.25) is 9.10 Å². The third-order valence-corrected chi connectivity index (χ3v) is 8.45. The Hall–Kier alpha value is -4.73. The molecule has 1 heterocycles. The van der Waals surface area contributed by atoms with Crippen molar-refractivity contribution in [3.05, 3.63) is 143 Å². The molecule has 0 aliphatic carbocycles. The van der Waals surface area contributed by atoms with E-state index in [4.69, 9.17) is 11.6 Å². The van der Waals surface area contributed by atoms with Crippen LogP contribution < -0.4 is 9.73 Å². The van der Waals surface area contributed by atoms with Gasteiger partial charge in [0, 0.05) is 0 Å². The van der Waals surface area contributed by atoms with Crippen molar-refractivity contribution in [3.63, 3.8) is 0 Å². The summed E-state index contributed by atoms with van der Waals surface area (Å²) in [5.41, 5.74) is 5.76. The molecule has 0 unspecified atom stereocenters. The number of halogens is 1. The van der Waals surface area contributed by atoms with E-state index in [1.54, 1.807) is 47.1 Å². The van der Waals surface area contributed by atoms with Crippen LogP contribution >= 0.6 is 11.6 Å². The molecule has 41 heavy (non-hydrogen) atoms.